The Morgan fingerprint density at radius 2 is 2.25 bits per heavy atom. The fourth-order valence-corrected chi connectivity index (χ4v) is 1.21. The van der Waals surface area contributed by atoms with Crippen molar-refractivity contribution in [2.45, 2.75) is 25.0 Å². The van der Waals surface area contributed by atoms with E-state index in [1.807, 2.05) is 0 Å². The molecule has 1 aliphatic heterocycles. The van der Waals surface area contributed by atoms with Crippen molar-refractivity contribution in [1.82, 2.24) is 10.6 Å². The fraction of sp³-hybridized carbons (Fsp3) is 0.778. The molecule has 0 aromatic rings. The molecular weight excluding hydrogens is 216 g/mol. The largest absolute Gasteiger partial charge is 0.479 e. The lowest BCUT2D eigenvalue weighted by Gasteiger charge is -2.19. The van der Waals surface area contributed by atoms with E-state index in [2.05, 4.69) is 10.6 Å². The quantitative estimate of drug-likeness (QED) is 0.492. The number of hydrogen-bond donors (Lipinski definition) is 4. The minimum absolute atomic E-state index is 0.0465. The molecule has 2 amide bonds. The Morgan fingerprint density at radius 1 is 1.56 bits per heavy atom. The first-order chi connectivity index (χ1) is 7.42. The fourth-order valence-electron chi connectivity index (χ4n) is 1.21. The van der Waals surface area contributed by atoms with Crippen molar-refractivity contribution in [2.75, 3.05) is 19.8 Å². The van der Waals surface area contributed by atoms with Gasteiger partial charge in [-0.3, -0.25) is 0 Å². The van der Waals surface area contributed by atoms with Crippen LogP contribution in [0.25, 0.3) is 0 Å². The maximum atomic E-state index is 11.3. The average molecular weight is 232 g/mol. The lowest BCUT2D eigenvalue weighted by atomic mass is 10.1. The molecular formula is C9H16N2O5. The van der Waals surface area contributed by atoms with E-state index in [9.17, 15) is 14.7 Å². The highest BCUT2D eigenvalue weighted by molar-refractivity contribution is 5.79. The molecule has 0 radical (unpaired) electrons. The van der Waals surface area contributed by atoms with E-state index in [0.29, 0.717) is 13.2 Å². The molecule has 1 aliphatic rings. The Bertz CT molecular complexity index is 273. The molecule has 0 aromatic carbocycles. The summed E-state index contributed by atoms with van der Waals surface area (Å²) < 4.78 is 5.06. The van der Waals surface area contributed by atoms with Gasteiger partial charge in [0.15, 0.2) is 5.60 Å². The van der Waals surface area contributed by atoms with Gasteiger partial charge in [-0.1, -0.05) is 0 Å². The molecule has 1 rings (SSSR count). The van der Waals surface area contributed by atoms with Gasteiger partial charge in [-0.05, 0) is 13.3 Å². The van der Waals surface area contributed by atoms with Crippen LogP contribution in [-0.2, 0) is 9.53 Å². The Balaban J connectivity index is 2.26. The molecule has 1 heterocycles. The minimum Gasteiger partial charge on any atom is -0.479 e. The zero-order chi connectivity index (χ0) is 12.2. The van der Waals surface area contributed by atoms with E-state index < -0.39 is 17.6 Å². The molecule has 2 atom stereocenters. The van der Waals surface area contributed by atoms with Crippen molar-refractivity contribution in [1.29, 1.82) is 0 Å². The standard InChI is InChI=1S/C9H16N2O5/c1-9(15,7(12)13)5-10-8(14)11-6-2-3-16-4-6/h6,15H,2-5H2,1H3,(H,12,13)(H2,10,11,14). The number of nitrogens with one attached hydrogen (secondary N) is 2. The third kappa shape index (κ3) is 3.67. The first kappa shape index (κ1) is 12.7. The Hall–Kier alpha value is -1.34. The summed E-state index contributed by atoms with van der Waals surface area (Å²) in [7, 11) is 0. The zero-order valence-corrected chi connectivity index (χ0v) is 9.02. The third-order valence-electron chi connectivity index (χ3n) is 2.32. The summed E-state index contributed by atoms with van der Waals surface area (Å²) >= 11 is 0. The molecule has 1 saturated heterocycles. The lowest BCUT2D eigenvalue weighted by molar-refractivity contribution is -0.155. The van der Waals surface area contributed by atoms with Gasteiger partial charge in [0.2, 0.25) is 0 Å². The summed E-state index contributed by atoms with van der Waals surface area (Å²) in [6, 6.07) is -0.549. The molecule has 7 nitrogen and oxygen atoms in total. The average Bonchev–Trinajstić information content (AvgIpc) is 2.67. The van der Waals surface area contributed by atoms with Crippen molar-refractivity contribution in [3.63, 3.8) is 0 Å². The Kier molecular flexibility index (Phi) is 4.08. The van der Waals surface area contributed by atoms with Crippen LogP contribution in [0.4, 0.5) is 4.79 Å². The van der Waals surface area contributed by atoms with Gasteiger partial charge >= 0.3 is 12.0 Å². The van der Waals surface area contributed by atoms with E-state index in [4.69, 9.17) is 9.84 Å². The number of urea groups is 1. The number of carboxylic acids is 1. The van der Waals surface area contributed by atoms with Gasteiger partial charge in [0, 0.05) is 6.61 Å². The second-order valence-corrected chi connectivity index (χ2v) is 3.97. The molecule has 4 N–H and O–H groups in total. The predicted molar refractivity (Wildman–Crippen MR) is 54.0 cm³/mol. The summed E-state index contributed by atoms with van der Waals surface area (Å²) in [5, 5.41) is 22.8. The smallest absolute Gasteiger partial charge is 0.337 e. The van der Waals surface area contributed by atoms with E-state index >= 15 is 0 Å². The van der Waals surface area contributed by atoms with E-state index in [1.165, 1.54) is 0 Å². The van der Waals surface area contributed by atoms with Crippen LogP contribution in [0.5, 0.6) is 0 Å². The predicted octanol–water partition coefficient (Wildman–Crippen LogP) is -1.09. The van der Waals surface area contributed by atoms with Crippen molar-refractivity contribution in [3.05, 3.63) is 0 Å². The molecule has 0 bridgehead atoms. The first-order valence-electron chi connectivity index (χ1n) is 5.00. The van der Waals surface area contributed by atoms with E-state index in [-0.39, 0.29) is 12.6 Å². The second-order valence-electron chi connectivity index (χ2n) is 3.97. The molecule has 92 valence electrons. The molecule has 0 spiro atoms. The van der Waals surface area contributed by atoms with Crippen LogP contribution in [0.1, 0.15) is 13.3 Å². The van der Waals surface area contributed by atoms with Crippen LogP contribution in [0.15, 0.2) is 0 Å². The third-order valence-corrected chi connectivity index (χ3v) is 2.32. The van der Waals surface area contributed by atoms with Crippen LogP contribution in [0, 0.1) is 0 Å². The zero-order valence-electron chi connectivity index (χ0n) is 9.02. The maximum absolute atomic E-state index is 11.3. The van der Waals surface area contributed by atoms with Gasteiger partial charge in [0.05, 0.1) is 19.2 Å². The summed E-state index contributed by atoms with van der Waals surface area (Å²) in [4.78, 5) is 21.8. The number of amides is 2. The number of carbonyl (C=O) groups excluding carboxylic acids is 1. The maximum Gasteiger partial charge on any atom is 0.337 e. The number of aliphatic hydroxyl groups is 1. The molecule has 0 saturated carbocycles. The van der Waals surface area contributed by atoms with Gasteiger partial charge in [0.1, 0.15) is 0 Å². The summed E-state index contributed by atoms with van der Waals surface area (Å²) in [6.07, 6.45) is 0.739. The first-order valence-corrected chi connectivity index (χ1v) is 5.00. The van der Waals surface area contributed by atoms with E-state index in [1.54, 1.807) is 0 Å². The number of hydrogen-bond acceptors (Lipinski definition) is 4. The number of carboxylic acid groups (broad SMARTS) is 1. The van der Waals surface area contributed by atoms with Crippen molar-refractivity contribution >= 4 is 12.0 Å². The molecule has 0 aromatic heterocycles. The molecule has 0 aliphatic carbocycles. The SMILES string of the molecule is CC(O)(CNC(=O)NC1CCOC1)C(=O)O. The summed E-state index contributed by atoms with van der Waals surface area (Å²) in [5.74, 6) is -1.38. The molecule has 2 unspecified atom stereocenters. The highest BCUT2D eigenvalue weighted by atomic mass is 16.5. The highest BCUT2D eigenvalue weighted by Crippen LogP contribution is 2.03. The van der Waals surface area contributed by atoms with Gasteiger partial charge in [-0.15, -0.1) is 0 Å². The number of carbonyl (C=O) groups is 2. The van der Waals surface area contributed by atoms with Crippen LogP contribution in [0.3, 0.4) is 0 Å². The van der Waals surface area contributed by atoms with Crippen LogP contribution < -0.4 is 10.6 Å². The normalized spacial score (nSPS) is 23.5. The van der Waals surface area contributed by atoms with Gasteiger partial charge in [-0.25, -0.2) is 9.59 Å². The molecule has 7 heteroatoms. The van der Waals surface area contributed by atoms with Gasteiger partial charge in [0.25, 0.3) is 0 Å². The van der Waals surface area contributed by atoms with Crippen molar-refractivity contribution in [3.8, 4) is 0 Å². The Morgan fingerprint density at radius 3 is 2.75 bits per heavy atom. The topological polar surface area (TPSA) is 108 Å². The van der Waals surface area contributed by atoms with Gasteiger partial charge < -0.3 is 25.6 Å². The molecule has 16 heavy (non-hydrogen) atoms. The Labute approximate surface area is 92.8 Å². The monoisotopic (exact) mass is 232 g/mol. The van der Waals surface area contributed by atoms with Crippen molar-refractivity contribution in [2.24, 2.45) is 0 Å². The second kappa shape index (κ2) is 5.13. The number of rotatable bonds is 4. The number of aliphatic carboxylic acids is 1. The summed E-state index contributed by atoms with van der Waals surface area (Å²) in [6.45, 7) is 1.84. The minimum atomic E-state index is -1.95. The molecule has 1 fully saturated rings. The van der Waals surface area contributed by atoms with Gasteiger partial charge in [-0.2, -0.15) is 0 Å². The van der Waals surface area contributed by atoms with Crippen molar-refractivity contribution < 1.29 is 24.5 Å². The lowest BCUT2D eigenvalue weighted by Crippen LogP contribution is -2.50. The summed E-state index contributed by atoms with van der Waals surface area (Å²) in [5.41, 5.74) is -1.95. The van der Waals surface area contributed by atoms with E-state index in [0.717, 1.165) is 13.3 Å². The van der Waals surface area contributed by atoms with Crippen LogP contribution in [0.2, 0.25) is 0 Å². The van der Waals surface area contributed by atoms with Crippen LogP contribution in [-0.4, -0.2) is 53.6 Å². The van der Waals surface area contributed by atoms with Crippen LogP contribution >= 0.6 is 0 Å². The number of ether oxygens (including phenoxy) is 1. The highest BCUT2D eigenvalue weighted by Gasteiger charge is 2.30.